The van der Waals surface area contributed by atoms with E-state index >= 15 is 0 Å². The number of amidine groups is 1. The van der Waals surface area contributed by atoms with Crippen molar-refractivity contribution < 1.29 is 4.74 Å². The number of nitriles is 1. The number of aromatic nitrogens is 2. The first-order valence-corrected chi connectivity index (χ1v) is 7.52. The van der Waals surface area contributed by atoms with E-state index in [9.17, 15) is 0 Å². The maximum atomic E-state index is 8.83. The molecule has 2 aromatic rings. The van der Waals surface area contributed by atoms with Crippen molar-refractivity contribution in [3.05, 3.63) is 24.0 Å². The SMILES string of the molecule is N#C/C(=N\Nc1ccc2nc(CN3CCOCC3)[nH]c2c1)C(=N)N. The smallest absolute Gasteiger partial charge is 0.201 e. The van der Waals surface area contributed by atoms with Gasteiger partial charge in [0.25, 0.3) is 0 Å². The van der Waals surface area contributed by atoms with Crippen LogP contribution in [-0.2, 0) is 11.3 Å². The highest BCUT2D eigenvalue weighted by atomic mass is 16.5. The number of fused-ring (bicyclic) bond motifs is 1. The number of nitrogens with two attached hydrogens (primary N) is 1. The number of hydrogen-bond acceptors (Lipinski definition) is 7. The third-order valence-electron chi connectivity index (χ3n) is 3.67. The van der Waals surface area contributed by atoms with Gasteiger partial charge in [-0.1, -0.05) is 0 Å². The Morgan fingerprint density at radius 1 is 1.50 bits per heavy atom. The Hall–Kier alpha value is -2.96. The van der Waals surface area contributed by atoms with E-state index < -0.39 is 0 Å². The molecular formula is C15H18N8O. The van der Waals surface area contributed by atoms with Crippen LogP contribution in [0.2, 0.25) is 0 Å². The highest BCUT2D eigenvalue weighted by Gasteiger charge is 2.13. The summed E-state index contributed by atoms with van der Waals surface area (Å²) in [6.45, 7) is 4.07. The number of H-pyrrole nitrogens is 1. The van der Waals surface area contributed by atoms with Crippen LogP contribution in [0, 0.1) is 16.7 Å². The lowest BCUT2D eigenvalue weighted by atomic mass is 10.3. The molecule has 9 heteroatoms. The van der Waals surface area contributed by atoms with E-state index in [2.05, 4.69) is 25.4 Å². The summed E-state index contributed by atoms with van der Waals surface area (Å²) in [4.78, 5) is 10.2. The number of aromatic amines is 1. The molecule has 0 unspecified atom stereocenters. The van der Waals surface area contributed by atoms with Crippen LogP contribution >= 0.6 is 0 Å². The number of benzene rings is 1. The normalized spacial score (nSPS) is 16.0. The molecule has 1 aromatic heterocycles. The molecule has 3 rings (SSSR count). The van der Waals surface area contributed by atoms with Crippen molar-refractivity contribution in [1.82, 2.24) is 14.9 Å². The average molecular weight is 326 g/mol. The second kappa shape index (κ2) is 7.08. The summed E-state index contributed by atoms with van der Waals surface area (Å²) in [5, 5.41) is 19.9. The van der Waals surface area contributed by atoms with Crippen LogP contribution in [-0.4, -0.2) is 52.7 Å². The Labute approximate surface area is 138 Å². The standard InChI is InChI=1S/C15H18N8O/c16-8-13(15(17)18)22-21-10-1-2-11-12(7-10)20-14(19-11)9-23-3-5-24-6-4-23/h1-2,7,21H,3-6,9H2,(H3,17,18)(H,19,20)/b22-13+. The molecule has 2 heterocycles. The number of nitrogens with zero attached hydrogens (tertiary/aromatic N) is 4. The van der Waals surface area contributed by atoms with Gasteiger partial charge in [0.1, 0.15) is 11.9 Å². The number of nitrogens with one attached hydrogen (secondary N) is 3. The molecule has 0 amide bonds. The quantitative estimate of drug-likeness (QED) is 0.361. The lowest BCUT2D eigenvalue weighted by Gasteiger charge is -2.25. The van der Waals surface area contributed by atoms with Gasteiger partial charge >= 0.3 is 0 Å². The topological polar surface area (TPSA) is 139 Å². The summed E-state index contributed by atoms with van der Waals surface area (Å²) in [5.41, 5.74) is 10.2. The van der Waals surface area contributed by atoms with Crippen LogP contribution in [0.5, 0.6) is 0 Å². The number of rotatable bonds is 5. The predicted octanol–water partition coefficient (Wildman–Crippen LogP) is 0.623. The minimum Gasteiger partial charge on any atom is -0.382 e. The molecule has 1 saturated heterocycles. The summed E-state index contributed by atoms with van der Waals surface area (Å²) >= 11 is 0. The van der Waals surface area contributed by atoms with Crippen molar-refractivity contribution in [2.24, 2.45) is 10.8 Å². The third kappa shape index (κ3) is 3.68. The first-order chi connectivity index (χ1) is 11.7. The number of ether oxygens (including phenoxy) is 1. The fourth-order valence-electron chi connectivity index (χ4n) is 2.44. The number of morpholine rings is 1. The predicted molar refractivity (Wildman–Crippen MR) is 90.8 cm³/mol. The van der Waals surface area contributed by atoms with Crippen LogP contribution in [0.1, 0.15) is 5.82 Å². The van der Waals surface area contributed by atoms with Gasteiger partial charge in [-0.25, -0.2) is 4.98 Å². The average Bonchev–Trinajstić information content (AvgIpc) is 2.97. The number of hydrazone groups is 1. The Morgan fingerprint density at radius 2 is 2.29 bits per heavy atom. The summed E-state index contributed by atoms with van der Waals surface area (Å²) < 4.78 is 5.34. The molecule has 5 N–H and O–H groups in total. The van der Waals surface area contributed by atoms with Crippen LogP contribution in [0.25, 0.3) is 11.0 Å². The number of imidazole rings is 1. The van der Waals surface area contributed by atoms with Crippen molar-refractivity contribution in [1.29, 1.82) is 10.7 Å². The van der Waals surface area contributed by atoms with Gasteiger partial charge in [0.2, 0.25) is 5.71 Å². The molecule has 0 radical (unpaired) electrons. The van der Waals surface area contributed by atoms with E-state index in [0.717, 1.165) is 49.7 Å². The van der Waals surface area contributed by atoms with E-state index in [0.29, 0.717) is 5.69 Å². The summed E-state index contributed by atoms with van der Waals surface area (Å²) in [7, 11) is 0. The fourth-order valence-corrected chi connectivity index (χ4v) is 2.44. The van der Waals surface area contributed by atoms with Crippen molar-refractivity contribution >= 4 is 28.3 Å². The Kier molecular flexibility index (Phi) is 4.69. The fraction of sp³-hybridized carbons (Fsp3) is 0.333. The molecule has 9 nitrogen and oxygen atoms in total. The second-order valence-electron chi connectivity index (χ2n) is 5.40. The zero-order chi connectivity index (χ0) is 16.9. The molecule has 0 bridgehead atoms. The van der Waals surface area contributed by atoms with Gasteiger partial charge in [-0.2, -0.15) is 10.4 Å². The molecule has 1 aliphatic heterocycles. The van der Waals surface area contributed by atoms with Crippen LogP contribution < -0.4 is 11.2 Å². The summed E-state index contributed by atoms with van der Waals surface area (Å²) in [6, 6.07) is 7.28. The van der Waals surface area contributed by atoms with Crippen LogP contribution in [0.3, 0.4) is 0 Å². The van der Waals surface area contributed by atoms with Crippen molar-refractivity contribution in [2.45, 2.75) is 6.54 Å². The molecule has 1 aromatic carbocycles. The zero-order valence-corrected chi connectivity index (χ0v) is 13.0. The van der Waals surface area contributed by atoms with Gasteiger partial charge in [0, 0.05) is 13.1 Å². The molecule has 24 heavy (non-hydrogen) atoms. The molecule has 0 saturated carbocycles. The molecule has 1 aliphatic rings. The minimum atomic E-state index is -0.375. The van der Waals surface area contributed by atoms with Crippen LogP contribution in [0.15, 0.2) is 23.3 Å². The summed E-state index contributed by atoms with van der Waals surface area (Å²) in [6.07, 6.45) is 0. The number of hydrogen-bond donors (Lipinski definition) is 4. The highest BCUT2D eigenvalue weighted by molar-refractivity contribution is 6.45. The van der Waals surface area contributed by atoms with E-state index in [4.69, 9.17) is 21.1 Å². The largest absolute Gasteiger partial charge is 0.382 e. The molecule has 0 spiro atoms. The first kappa shape index (κ1) is 15.9. The third-order valence-corrected chi connectivity index (χ3v) is 3.67. The maximum Gasteiger partial charge on any atom is 0.201 e. The molecule has 124 valence electrons. The van der Waals surface area contributed by atoms with Gasteiger partial charge < -0.3 is 15.5 Å². The van der Waals surface area contributed by atoms with E-state index in [1.165, 1.54) is 0 Å². The Bertz CT molecular complexity index is 812. The van der Waals surface area contributed by atoms with Gasteiger partial charge in [0.05, 0.1) is 36.5 Å². The lowest BCUT2D eigenvalue weighted by molar-refractivity contribution is 0.0332. The van der Waals surface area contributed by atoms with Gasteiger partial charge in [-0.3, -0.25) is 15.7 Å². The highest BCUT2D eigenvalue weighted by Crippen LogP contribution is 2.18. The van der Waals surface area contributed by atoms with Crippen LogP contribution in [0.4, 0.5) is 5.69 Å². The second-order valence-corrected chi connectivity index (χ2v) is 5.40. The van der Waals surface area contributed by atoms with Gasteiger partial charge in [-0.05, 0) is 18.2 Å². The van der Waals surface area contributed by atoms with Crippen molar-refractivity contribution in [3.8, 4) is 6.07 Å². The minimum absolute atomic E-state index is 0.160. The van der Waals surface area contributed by atoms with E-state index in [-0.39, 0.29) is 11.5 Å². The molecule has 0 atom stereocenters. The van der Waals surface area contributed by atoms with E-state index in [1.807, 2.05) is 12.1 Å². The summed E-state index contributed by atoms with van der Waals surface area (Å²) in [5.74, 6) is 0.523. The lowest BCUT2D eigenvalue weighted by Crippen LogP contribution is -2.35. The first-order valence-electron chi connectivity index (χ1n) is 7.52. The molecule has 0 aliphatic carbocycles. The molecular weight excluding hydrogens is 308 g/mol. The van der Waals surface area contributed by atoms with E-state index in [1.54, 1.807) is 12.1 Å². The maximum absolute atomic E-state index is 8.83. The zero-order valence-electron chi connectivity index (χ0n) is 13.0. The molecule has 1 fully saturated rings. The van der Waals surface area contributed by atoms with Gasteiger partial charge in [0.15, 0.2) is 5.84 Å². The van der Waals surface area contributed by atoms with Crippen molar-refractivity contribution in [2.75, 3.05) is 31.7 Å². The monoisotopic (exact) mass is 326 g/mol. The van der Waals surface area contributed by atoms with Gasteiger partial charge in [-0.15, -0.1) is 0 Å². The Balaban J connectivity index is 1.74. The number of anilines is 1. The Morgan fingerprint density at radius 3 is 3.00 bits per heavy atom. The van der Waals surface area contributed by atoms with Crippen molar-refractivity contribution in [3.63, 3.8) is 0 Å².